The number of aromatic nitrogens is 2. The average Bonchev–Trinajstić information content (AvgIpc) is 3.90. The molecule has 0 saturated heterocycles. The molecule has 1 fully saturated rings. The number of carboxylic acid groups (broad SMARTS) is 1. The number of nitrogens with one attached hydrogen (secondary N) is 3. The van der Waals surface area contributed by atoms with Crippen molar-refractivity contribution in [2.24, 2.45) is 16.7 Å². The Balaban J connectivity index is 0.953. The Bertz CT molecular complexity index is 2740. The first-order chi connectivity index (χ1) is 32.7. The number of thiazole rings is 1. The van der Waals surface area contributed by atoms with Crippen LogP contribution in [0.25, 0.3) is 26.4 Å². The van der Waals surface area contributed by atoms with E-state index in [1.165, 1.54) is 22.3 Å². The van der Waals surface area contributed by atoms with Gasteiger partial charge < -0.3 is 45.0 Å². The lowest BCUT2D eigenvalue weighted by Crippen LogP contribution is -2.51. The number of para-hydroxylation sites is 1. The molecule has 5 aromatic rings. The number of ether oxygens (including phenoxy) is 2. The topological polar surface area (TPSA) is 190 Å². The Morgan fingerprint density at radius 1 is 1.07 bits per heavy atom. The van der Waals surface area contributed by atoms with Crippen LogP contribution in [0.1, 0.15) is 79.7 Å². The zero-order valence-electron chi connectivity index (χ0n) is 39.3. The van der Waals surface area contributed by atoms with E-state index in [0.29, 0.717) is 54.6 Å². The first-order valence-corrected chi connectivity index (χ1v) is 25.3. The minimum atomic E-state index is -2.09. The van der Waals surface area contributed by atoms with Crippen LogP contribution in [0.3, 0.4) is 0 Å². The van der Waals surface area contributed by atoms with Crippen molar-refractivity contribution in [2.75, 3.05) is 55.8 Å². The van der Waals surface area contributed by atoms with Gasteiger partial charge in [0.15, 0.2) is 16.8 Å². The molecule has 1 aliphatic heterocycles. The van der Waals surface area contributed by atoms with E-state index in [0.717, 1.165) is 56.9 Å². The highest BCUT2D eigenvalue weighted by molar-refractivity contribution is 7.79. The lowest BCUT2D eigenvalue weighted by Gasteiger charge is -2.56. The third-order valence-corrected chi connectivity index (χ3v) is 15.2. The monoisotopic (exact) mass is 959 g/mol. The van der Waals surface area contributed by atoms with E-state index >= 15 is 0 Å². The summed E-state index contributed by atoms with van der Waals surface area (Å²) in [5, 5.41) is 26.7. The zero-order valence-corrected chi connectivity index (χ0v) is 41.0. The van der Waals surface area contributed by atoms with E-state index in [2.05, 4.69) is 66.6 Å². The molecule has 3 aliphatic rings. The number of benzene rings is 3. The van der Waals surface area contributed by atoms with E-state index in [4.69, 9.17) is 24.9 Å². The normalized spacial score (nSPS) is 20.4. The van der Waals surface area contributed by atoms with Gasteiger partial charge >= 0.3 is 12.1 Å². The summed E-state index contributed by atoms with van der Waals surface area (Å²) in [5.41, 5.74) is 8.66. The van der Waals surface area contributed by atoms with E-state index in [9.17, 15) is 23.5 Å². The average molecular weight is 960 g/mol. The molecule has 5 N–H and O–H groups in total. The molecule has 68 heavy (non-hydrogen) atoms. The molecule has 1 saturated carbocycles. The number of amides is 1. The number of hydrogen-bond donors (Lipinski definition) is 5. The molecule has 0 spiro atoms. The summed E-state index contributed by atoms with van der Waals surface area (Å²) < 4.78 is 34.3. The minimum absolute atomic E-state index is 0.0251. The maximum atomic E-state index is 13.2. The summed E-state index contributed by atoms with van der Waals surface area (Å²) >= 11 is -0.420. The second kappa shape index (κ2) is 20.7. The van der Waals surface area contributed by atoms with Gasteiger partial charge in [-0.1, -0.05) is 74.9 Å². The van der Waals surface area contributed by atoms with E-state index < -0.39 is 23.1 Å². The van der Waals surface area contributed by atoms with Crippen LogP contribution in [-0.4, -0.2) is 98.7 Å². The predicted molar refractivity (Wildman–Crippen MR) is 271 cm³/mol. The highest BCUT2D eigenvalue weighted by atomic mass is 32.2. The summed E-state index contributed by atoms with van der Waals surface area (Å²) in [6, 6.07) is 25.6. The molecule has 4 atom stereocenters. The van der Waals surface area contributed by atoms with Gasteiger partial charge in [-0.25, -0.2) is 23.8 Å². The number of pyridine rings is 1. The molecule has 8 rings (SSSR count). The zero-order chi connectivity index (χ0) is 48.2. The van der Waals surface area contributed by atoms with Gasteiger partial charge in [-0.15, -0.1) is 11.3 Å². The van der Waals surface area contributed by atoms with Gasteiger partial charge in [0, 0.05) is 79.5 Å². The van der Waals surface area contributed by atoms with Gasteiger partial charge in [-0.05, 0) is 97.0 Å². The molecular formula is C52H61N7O7S2. The van der Waals surface area contributed by atoms with Crippen LogP contribution in [0, 0.1) is 22.2 Å². The number of fused-ring (bicyclic) bond motifs is 3. The molecule has 1 amide bonds. The lowest BCUT2D eigenvalue weighted by molar-refractivity contribution is 0.0148. The van der Waals surface area contributed by atoms with Crippen molar-refractivity contribution in [1.29, 1.82) is 5.41 Å². The summed E-state index contributed by atoms with van der Waals surface area (Å²) in [6.45, 7) is 10.9. The van der Waals surface area contributed by atoms with Crippen molar-refractivity contribution in [3.05, 3.63) is 124 Å². The largest absolute Gasteiger partial charge is 0.476 e. The highest BCUT2D eigenvalue weighted by Crippen LogP contribution is 2.66. The number of rotatable bonds is 20. The number of allylic oxidation sites excluding steroid dienone is 2. The molecule has 14 nitrogen and oxygen atoms in total. The van der Waals surface area contributed by atoms with Crippen molar-refractivity contribution < 1.29 is 32.9 Å². The number of hydrogen-bond acceptors (Lipinski definition) is 12. The summed E-state index contributed by atoms with van der Waals surface area (Å²) in [6.07, 6.45) is 6.05. The fourth-order valence-electron chi connectivity index (χ4n) is 10.6. The van der Waals surface area contributed by atoms with Crippen LogP contribution in [0.2, 0.25) is 0 Å². The Morgan fingerprint density at radius 2 is 1.87 bits per heavy atom. The standard InChI is InChI=1S/C52H61N7O7S2/c1-33(2)26-51(4)31-52(27-38(25-45(51)52)65-23-21-58(22-24-68(63)64)50(62)66-30-35-13-15-37(54-5)16-14-35)32-55-34(3)41(28-53)39-17-18-46(57-47(39)49(60)61)59-20-19-36-9-8-10-40(42(36)29-59)48-56-43-11-6-7-12-44(43)67-48/h6-18,25,28,33,38,53-55H,19-24,26-27,29-32H2,1-5H3,(H,60,61)(H,63,64)/b41-34+,53-28?. The van der Waals surface area contributed by atoms with Crippen LogP contribution in [0.4, 0.5) is 16.3 Å². The van der Waals surface area contributed by atoms with Gasteiger partial charge in [-0.2, -0.15) is 0 Å². The van der Waals surface area contributed by atoms with Crippen molar-refractivity contribution >= 4 is 68.0 Å². The minimum Gasteiger partial charge on any atom is -0.476 e. The molecule has 3 aromatic carbocycles. The summed E-state index contributed by atoms with van der Waals surface area (Å²) in [4.78, 5) is 39.4. The smallest absolute Gasteiger partial charge is 0.410 e. The SMILES string of the molecule is CNc1ccc(COC(=O)N(CCOC2C=C3C(C)(CC(C)C)CC3(CN/C(C)=C(\C=N)c3ccc(N4CCc5cccc(-c6nc7ccccc7s6)c5C4)nc3C(=O)O)C2)CCS(=O)O)cc1. The molecule has 0 radical (unpaired) electrons. The molecule has 0 bridgehead atoms. The van der Waals surface area contributed by atoms with Gasteiger partial charge in [-0.3, -0.25) is 0 Å². The molecule has 3 heterocycles. The van der Waals surface area contributed by atoms with Crippen molar-refractivity contribution in [3.8, 4) is 10.6 Å². The predicted octanol–water partition coefficient (Wildman–Crippen LogP) is 9.65. The van der Waals surface area contributed by atoms with Crippen LogP contribution in [-0.2, 0) is 40.1 Å². The lowest BCUT2D eigenvalue weighted by atomic mass is 9.48. The molecule has 4 unspecified atom stereocenters. The van der Waals surface area contributed by atoms with Gasteiger partial charge in [0.25, 0.3) is 0 Å². The van der Waals surface area contributed by atoms with Crippen LogP contribution < -0.4 is 15.5 Å². The second-order valence-corrected chi connectivity index (χ2v) is 20.9. The fourth-order valence-corrected chi connectivity index (χ4v) is 12.0. The van der Waals surface area contributed by atoms with Crippen molar-refractivity contribution in [2.45, 2.75) is 72.6 Å². The van der Waals surface area contributed by atoms with Crippen LogP contribution >= 0.6 is 11.3 Å². The Morgan fingerprint density at radius 3 is 2.59 bits per heavy atom. The Kier molecular flexibility index (Phi) is 14.8. The van der Waals surface area contributed by atoms with Crippen LogP contribution in [0.5, 0.6) is 0 Å². The molecule has 358 valence electrons. The third kappa shape index (κ3) is 10.5. The number of anilines is 2. The number of carboxylic acids is 1. The van der Waals surface area contributed by atoms with E-state index in [1.54, 1.807) is 17.4 Å². The number of carbonyl (C=O) groups is 2. The molecular weight excluding hydrogens is 899 g/mol. The Labute approximate surface area is 404 Å². The van der Waals surface area contributed by atoms with Crippen LogP contribution in [0.15, 0.2) is 96.2 Å². The maximum Gasteiger partial charge on any atom is 0.410 e. The molecule has 2 aromatic heterocycles. The summed E-state index contributed by atoms with van der Waals surface area (Å²) in [7, 11) is 1.83. The van der Waals surface area contributed by atoms with Gasteiger partial charge in [0.05, 0.1) is 28.7 Å². The third-order valence-electron chi connectivity index (χ3n) is 13.6. The molecule has 16 heteroatoms. The quantitative estimate of drug-likeness (QED) is 0.0283. The van der Waals surface area contributed by atoms with E-state index in [-0.39, 0.29) is 54.7 Å². The second-order valence-electron chi connectivity index (χ2n) is 18.8. The van der Waals surface area contributed by atoms with Gasteiger partial charge in [0.1, 0.15) is 17.4 Å². The first kappa shape index (κ1) is 48.5. The number of nitrogens with zero attached hydrogens (tertiary/aromatic N) is 4. The van der Waals surface area contributed by atoms with Gasteiger partial charge in [0.2, 0.25) is 0 Å². The van der Waals surface area contributed by atoms with Crippen molar-refractivity contribution in [1.82, 2.24) is 20.2 Å². The van der Waals surface area contributed by atoms with Crippen molar-refractivity contribution in [3.63, 3.8) is 0 Å². The first-order valence-electron chi connectivity index (χ1n) is 23.2. The highest BCUT2D eigenvalue weighted by Gasteiger charge is 2.59. The fraction of sp³-hybridized carbons (Fsp3) is 0.404. The number of aromatic carboxylic acids is 1. The van der Waals surface area contributed by atoms with E-state index in [1.807, 2.05) is 62.5 Å². The number of carbonyl (C=O) groups excluding carboxylic acids is 1. The summed E-state index contributed by atoms with van der Waals surface area (Å²) in [5.74, 6) is -0.239. The molecule has 2 aliphatic carbocycles. The Hall–Kier alpha value is -5.94. The maximum absolute atomic E-state index is 13.2.